The molecule has 1 amide bonds. The third-order valence-electron chi connectivity index (χ3n) is 4.47. The largest absolute Gasteiger partial charge is 0.459 e. The Kier molecular flexibility index (Phi) is 3.87. The highest BCUT2D eigenvalue weighted by molar-refractivity contribution is 5.79. The Bertz CT molecular complexity index is 915. The van der Waals surface area contributed by atoms with Crippen LogP contribution < -0.4 is 5.32 Å². The summed E-state index contributed by atoms with van der Waals surface area (Å²) in [5, 5.41) is 3.01. The van der Waals surface area contributed by atoms with Crippen molar-refractivity contribution in [3.05, 3.63) is 65.0 Å². The molecule has 0 fully saturated rings. The van der Waals surface area contributed by atoms with Gasteiger partial charge < -0.3 is 14.2 Å². The predicted molar refractivity (Wildman–Crippen MR) is 88.3 cm³/mol. The van der Waals surface area contributed by atoms with Crippen LogP contribution in [0.15, 0.2) is 45.4 Å². The van der Waals surface area contributed by atoms with Gasteiger partial charge in [-0.2, -0.15) is 0 Å². The molecule has 0 aliphatic heterocycles. The van der Waals surface area contributed by atoms with Crippen LogP contribution in [0.3, 0.4) is 0 Å². The van der Waals surface area contributed by atoms with Crippen LogP contribution in [-0.2, 0) is 17.6 Å². The van der Waals surface area contributed by atoms with Gasteiger partial charge in [-0.25, -0.2) is 9.37 Å². The fourth-order valence-corrected chi connectivity index (χ4v) is 3.23. The first-order valence-electron chi connectivity index (χ1n) is 8.18. The number of furan rings is 1. The lowest BCUT2D eigenvalue weighted by Crippen LogP contribution is -2.28. The van der Waals surface area contributed by atoms with E-state index in [-0.39, 0.29) is 24.2 Å². The number of oxazole rings is 1. The third kappa shape index (κ3) is 3.07. The number of nitrogens with one attached hydrogen (secondary N) is 1. The quantitative estimate of drug-likeness (QED) is 0.786. The Balaban J connectivity index is 1.45. The molecule has 1 aliphatic carbocycles. The number of hydrogen-bond acceptors (Lipinski definition) is 4. The normalized spacial score (nSPS) is 16.0. The van der Waals surface area contributed by atoms with Crippen molar-refractivity contribution >= 4 is 5.91 Å². The van der Waals surface area contributed by atoms with Crippen molar-refractivity contribution in [1.29, 1.82) is 0 Å². The second-order valence-electron chi connectivity index (χ2n) is 6.18. The summed E-state index contributed by atoms with van der Waals surface area (Å²) in [5.74, 6) is 1.11. The highest BCUT2D eigenvalue weighted by Crippen LogP contribution is 2.31. The smallest absolute Gasteiger partial charge is 0.263 e. The summed E-state index contributed by atoms with van der Waals surface area (Å²) in [6.07, 6.45) is 3.22. The number of rotatable bonds is 4. The molecule has 0 saturated heterocycles. The Morgan fingerprint density at radius 3 is 3.08 bits per heavy atom. The molecular formula is C19H17FN2O3. The van der Waals surface area contributed by atoms with Gasteiger partial charge in [-0.3, -0.25) is 4.79 Å². The van der Waals surface area contributed by atoms with E-state index in [2.05, 4.69) is 10.3 Å². The van der Waals surface area contributed by atoms with Crippen LogP contribution in [0.25, 0.3) is 11.7 Å². The summed E-state index contributed by atoms with van der Waals surface area (Å²) in [6, 6.07) is 8.14. The maximum Gasteiger partial charge on any atom is 0.263 e. The Morgan fingerprint density at radius 1 is 1.40 bits per heavy atom. The van der Waals surface area contributed by atoms with Gasteiger partial charge in [0.1, 0.15) is 11.6 Å². The van der Waals surface area contributed by atoms with Gasteiger partial charge in [-0.05, 0) is 55.2 Å². The molecule has 0 bridgehead atoms. The van der Waals surface area contributed by atoms with Gasteiger partial charge in [0, 0.05) is 0 Å². The van der Waals surface area contributed by atoms with Crippen LogP contribution >= 0.6 is 0 Å². The highest BCUT2D eigenvalue weighted by Gasteiger charge is 2.25. The van der Waals surface area contributed by atoms with Crippen LogP contribution in [0.1, 0.15) is 35.0 Å². The second kappa shape index (κ2) is 6.20. The summed E-state index contributed by atoms with van der Waals surface area (Å²) in [4.78, 5) is 16.8. The minimum atomic E-state index is -0.241. The van der Waals surface area contributed by atoms with E-state index < -0.39 is 0 Å². The van der Waals surface area contributed by atoms with Crippen molar-refractivity contribution in [2.24, 2.45) is 0 Å². The number of halogens is 1. The van der Waals surface area contributed by atoms with E-state index in [1.165, 1.54) is 6.07 Å². The molecule has 0 saturated carbocycles. The number of amides is 1. The van der Waals surface area contributed by atoms with Crippen LogP contribution in [-0.4, -0.2) is 10.9 Å². The number of carbonyl (C=O) groups is 1. The minimum Gasteiger partial charge on any atom is -0.459 e. The fourth-order valence-electron chi connectivity index (χ4n) is 3.23. The molecular weight excluding hydrogens is 323 g/mol. The van der Waals surface area contributed by atoms with Gasteiger partial charge in [0.2, 0.25) is 5.91 Å². The molecule has 0 unspecified atom stereocenters. The summed E-state index contributed by atoms with van der Waals surface area (Å²) in [7, 11) is 0. The molecule has 5 nitrogen and oxygen atoms in total. The lowest BCUT2D eigenvalue weighted by Gasteiger charge is -2.13. The van der Waals surface area contributed by atoms with Gasteiger partial charge in [-0.15, -0.1) is 0 Å². The number of nitrogens with zero attached hydrogens (tertiary/aromatic N) is 1. The molecule has 2 heterocycles. The maximum absolute atomic E-state index is 13.3. The Hall–Kier alpha value is -2.89. The van der Waals surface area contributed by atoms with E-state index in [4.69, 9.17) is 8.83 Å². The first-order chi connectivity index (χ1) is 12.1. The summed E-state index contributed by atoms with van der Waals surface area (Å²) in [5.41, 5.74) is 2.53. The fraction of sp³-hybridized carbons (Fsp3) is 0.263. The minimum absolute atomic E-state index is 0.0835. The van der Waals surface area contributed by atoms with Crippen molar-refractivity contribution < 1.29 is 18.0 Å². The molecule has 0 spiro atoms. The van der Waals surface area contributed by atoms with E-state index in [1.54, 1.807) is 37.5 Å². The molecule has 1 aromatic carbocycles. The van der Waals surface area contributed by atoms with Crippen molar-refractivity contribution in [3.63, 3.8) is 0 Å². The molecule has 0 radical (unpaired) electrons. The predicted octanol–water partition coefficient (Wildman–Crippen LogP) is 3.73. The van der Waals surface area contributed by atoms with Crippen LogP contribution in [0, 0.1) is 12.7 Å². The molecule has 1 atom stereocenters. The molecule has 25 heavy (non-hydrogen) atoms. The zero-order valence-electron chi connectivity index (χ0n) is 13.7. The number of hydrogen-bond donors (Lipinski definition) is 1. The lowest BCUT2D eigenvalue weighted by molar-refractivity contribution is -0.121. The first-order valence-corrected chi connectivity index (χ1v) is 8.18. The third-order valence-corrected chi connectivity index (χ3v) is 4.47. The SMILES string of the molecule is Cc1oc(-c2ccco2)nc1CC(=O)N[C@H]1CCc2cc(F)ccc21. The molecule has 1 aliphatic rings. The van der Waals surface area contributed by atoms with Gasteiger partial charge in [0.15, 0.2) is 5.76 Å². The van der Waals surface area contributed by atoms with Crippen molar-refractivity contribution in [3.8, 4) is 11.7 Å². The zero-order valence-corrected chi connectivity index (χ0v) is 13.7. The number of aryl methyl sites for hydroxylation is 2. The van der Waals surface area contributed by atoms with Crippen LogP contribution in [0.2, 0.25) is 0 Å². The number of carbonyl (C=O) groups excluding carboxylic acids is 1. The standard InChI is InChI=1S/C19H17FN2O3/c1-11-16(22-19(25-11)17-3-2-8-24-17)10-18(23)21-15-7-4-12-9-13(20)5-6-14(12)15/h2-3,5-6,8-9,15H,4,7,10H2,1H3,(H,21,23)/t15-/m0/s1. The van der Waals surface area contributed by atoms with E-state index in [9.17, 15) is 9.18 Å². The van der Waals surface area contributed by atoms with Crippen LogP contribution in [0.5, 0.6) is 0 Å². The molecule has 6 heteroatoms. The maximum atomic E-state index is 13.3. The summed E-state index contributed by atoms with van der Waals surface area (Å²) in [6.45, 7) is 1.77. The number of aromatic nitrogens is 1. The molecule has 3 aromatic rings. The van der Waals surface area contributed by atoms with Crippen molar-refractivity contribution in [2.45, 2.75) is 32.2 Å². The molecule has 128 valence electrons. The van der Waals surface area contributed by atoms with Gasteiger partial charge in [0.05, 0.1) is 24.4 Å². The average Bonchev–Trinajstić information content (AvgIpc) is 3.29. The molecule has 4 rings (SSSR count). The van der Waals surface area contributed by atoms with Gasteiger partial charge in [0.25, 0.3) is 5.89 Å². The zero-order chi connectivity index (χ0) is 17.4. The Morgan fingerprint density at radius 2 is 2.28 bits per heavy atom. The van der Waals surface area contributed by atoms with E-state index in [0.717, 1.165) is 24.0 Å². The lowest BCUT2D eigenvalue weighted by atomic mass is 10.1. The highest BCUT2D eigenvalue weighted by atomic mass is 19.1. The summed E-state index contributed by atoms with van der Waals surface area (Å²) < 4.78 is 24.1. The van der Waals surface area contributed by atoms with Crippen LogP contribution in [0.4, 0.5) is 4.39 Å². The van der Waals surface area contributed by atoms with E-state index in [1.807, 2.05) is 0 Å². The topological polar surface area (TPSA) is 68.3 Å². The van der Waals surface area contributed by atoms with Gasteiger partial charge >= 0.3 is 0 Å². The van der Waals surface area contributed by atoms with Gasteiger partial charge in [-0.1, -0.05) is 6.07 Å². The van der Waals surface area contributed by atoms with Crippen molar-refractivity contribution in [2.75, 3.05) is 0 Å². The van der Waals surface area contributed by atoms with E-state index >= 15 is 0 Å². The summed E-state index contributed by atoms with van der Waals surface area (Å²) >= 11 is 0. The second-order valence-corrected chi connectivity index (χ2v) is 6.18. The monoisotopic (exact) mass is 340 g/mol. The number of fused-ring (bicyclic) bond motifs is 1. The first kappa shape index (κ1) is 15.6. The number of benzene rings is 1. The Labute approximate surface area is 143 Å². The van der Waals surface area contributed by atoms with E-state index in [0.29, 0.717) is 23.1 Å². The molecule has 1 N–H and O–H groups in total. The molecule has 2 aromatic heterocycles. The van der Waals surface area contributed by atoms with Crippen molar-refractivity contribution in [1.82, 2.24) is 10.3 Å². The average molecular weight is 340 g/mol.